The van der Waals surface area contributed by atoms with Crippen LogP contribution in [0.4, 0.5) is 0 Å². The summed E-state index contributed by atoms with van der Waals surface area (Å²) in [5.41, 5.74) is 1.96. The fraction of sp³-hybridized carbons (Fsp3) is 0.292. The average molecular weight is 498 g/mol. The normalized spacial score (nSPS) is 17.3. The number of benzene rings is 2. The molecule has 11 heteroatoms. The van der Waals surface area contributed by atoms with E-state index >= 15 is 0 Å². The fourth-order valence-electron chi connectivity index (χ4n) is 3.92. The van der Waals surface area contributed by atoms with Gasteiger partial charge in [-0.2, -0.15) is 0 Å². The van der Waals surface area contributed by atoms with Crippen molar-refractivity contribution in [3.8, 4) is 5.69 Å². The third-order valence-corrected chi connectivity index (χ3v) is 5.95. The van der Waals surface area contributed by atoms with Crippen molar-refractivity contribution in [3.05, 3.63) is 76.6 Å². The number of hydrogen-bond donors (Lipinski definition) is 2. The van der Waals surface area contributed by atoms with Gasteiger partial charge >= 0.3 is 5.97 Å². The van der Waals surface area contributed by atoms with E-state index in [4.69, 9.17) is 11.6 Å². The van der Waals surface area contributed by atoms with Crippen molar-refractivity contribution in [2.24, 2.45) is 0 Å². The predicted molar refractivity (Wildman–Crippen MR) is 126 cm³/mol. The molecule has 10 nitrogen and oxygen atoms in total. The van der Waals surface area contributed by atoms with Gasteiger partial charge in [0, 0.05) is 24.5 Å². The number of aliphatic hydroxyl groups is 1. The van der Waals surface area contributed by atoms with E-state index in [1.54, 1.807) is 48.5 Å². The fourth-order valence-corrected chi connectivity index (χ4v) is 4.05. The minimum Gasteiger partial charge on any atom is -0.469 e. The van der Waals surface area contributed by atoms with Crippen LogP contribution in [0.1, 0.15) is 28.0 Å². The van der Waals surface area contributed by atoms with Crippen LogP contribution in [-0.4, -0.2) is 68.6 Å². The average Bonchev–Trinajstić information content (AvgIpc) is 3.49. The van der Waals surface area contributed by atoms with Gasteiger partial charge < -0.3 is 20.1 Å². The Labute approximate surface area is 206 Å². The second-order valence-corrected chi connectivity index (χ2v) is 8.57. The Kier molecular flexibility index (Phi) is 7.42. The molecule has 1 aliphatic heterocycles. The summed E-state index contributed by atoms with van der Waals surface area (Å²) < 4.78 is 6.05. The van der Waals surface area contributed by atoms with Crippen molar-refractivity contribution < 1.29 is 24.2 Å². The first-order valence-corrected chi connectivity index (χ1v) is 11.3. The minimum atomic E-state index is -0.830. The molecule has 0 unspecified atom stereocenters. The van der Waals surface area contributed by atoms with E-state index in [1.807, 2.05) is 0 Å². The summed E-state index contributed by atoms with van der Waals surface area (Å²) in [7, 11) is 1.28. The maximum Gasteiger partial charge on any atom is 0.311 e. The minimum absolute atomic E-state index is 0.0249. The summed E-state index contributed by atoms with van der Waals surface area (Å²) in [4.78, 5) is 39.4. The van der Waals surface area contributed by atoms with Gasteiger partial charge in [-0.05, 0) is 29.8 Å². The molecule has 0 bridgehead atoms. The number of halogens is 1. The Hall–Kier alpha value is -3.76. The summed E-state index contributed by atoms with van der Waals surface area (Å²) in [6.07, 6.45) is 0.793. The largest absolute Gasteiger partial charge is 0.469 e. The highest BCUT2D eigenvalue weighted by Crippen LogP contribution is 2.24. The van der Waals surface area contributed by atoms with E-state index in [0.29, 0.717) is 16.4 Å². The maximum absolute atomic E-state index is 13.5. The van der Waals surface area contributed by atoms with Crippen LogP contribution in [0.3, 0.4) is 0 Å². The van der Waals surface area contributed by atoms with E-state index in [2.05, 4.69) is 20.4 Å². The third-order valence-electron chi connectivity index (χ3n) is 5.70. The lowest BCUT2D eigenvalue weighted by atomic mass is 10.1. The zero-order valence-corrected chi connectivity index (χ0v) is 19.7. The first-order chi connectivity index (χ1) is 16.9. The Morgan fingerprint density at radius 1 is 1.17 bits per heavy atom. The number of methoxy groups -OCH3 is 1. The van der Waals surface area contributed by atoms with Crippen LogP contribution in [0, 0.1) is 0 Å². The molecular formula is C24H24ClN5O5. The number of nitrogens with one attached hydrogen (secondary N) is 1. The highest BCUT2D eigenvalue weighted by atomic mass is 35.5. The highest BCUT2D eigenvalue weighted by Gasteiger charge is 2.39. The molecule has 4 rings (SSSR count). The van der Waals surface area contributed by atoms with Crippen LogP contribution < -0.4 is 5.32 Å². The lowest BCUT2D eigenvalue weighted by molar-refractivity contribution is -0.139. The summed E-state index contributed by atoms with van der Waals surface area (Å²) in [6.45, 7) is 0.292. The van der Waals surface area contributed by atoms with Gasteiger partial charge in [0.1, 0.15) is 6.04 Å². The van der Waals surface area contributed by atoms with Crippen LogP contribution in [0.15, 0.2) is 54.7 Å². The van der Waals surface area contributed by atoms with Crippen molar-refractivity contribution in [1.82, 2.24) is 25.2 Å². The standard InChI is InChI=1S/C24H24ClN5O5/c1-35-22(32)10-17-13-30(28-27-17)20-5-3-2-4-19(20)24(34)29-14-18(31)11-21(29)23(33)26-12-15-6-8-16(25)9-7-15/h2-9,13,18,21,31H,10-12,14H2,1H3,(H,26,33)/t18-,21+/m1/s1. The number of carbonyl (C=O) groups excluding carboxylic acids is 3. The lowest BCUT2D eigenvalue weighted by Crippen LogP contribution is -2.46. The van der Waals surface area contributed by atoms with Gasteiger partial charge in [-0.1, -0.05) is 41.1 Å². The van der Waals surface area contributed by atoms with E-state index < -0.39 is 24.0 Å². The SMILES string of the molecule is COC(=O)Cc1cn(-c2ccccc2C(=O)N2C[C@H](O)C[C@H]2C(=O)NCc2ccc(Cl)cc2)nn1. The molecule has 2 heterocycles. The number of likely N-dealkylation sites (tertiary alicyclic amines) is 1. The Balaban J connectivity index is 1.52. The number of β-amino-alcohol motifs (C(OH)–C–C–N with tert-alkyl or cyclic N) is 1. The number of nitrogens with zero attached hydrogens (tertiary/aromatic N) is 4. The van der Waals surface area contributed by atoms with Crippen molar-refractivity contribution in [3.63, 3.8) is 0 Å². The van der Waals surface area contributed by atoms with Crippen LogP contribution >= 0.6 is 11.6 Å². The molecule has 182 valence electrons. The number of ether oxygens (including phenoxy) is 1. The number of para-hydroxylation sites is 1. The van der Waals surface area contributed by atoms with Gasteiger partial charge in [0.15, 0.2) is 0 Å². The van der Waals surface area contributed by atoms with Gasteiger partial charge in [0.05, 0.1) is 42.8 Å². The molecule has 1 fully saturated rings. The number of aromatic nitrogens is 3. The molecule has 0 radical (unpaired) electrons. The predicted octanol–water partition coefficient (Wildman–Crippen LogP) is 1.53. The van der Waals surface area contributed by atoms with E-state index in [0.717, 1.165) is 5.56 Å². The monoisotopic (exact) mass is 497 g/mol. The highest BCUT2D eigenvalue weighted by molar-refractivity contribution is 6.30. The summed E-state index contributed by atoms with van der Waals surface area (Å²) in [5, 5.41) is 21.7. The van der Waals surface area contributed by atoms with Crippen LogP contribution in [0.2, 0.25) is 5.02 Å². The summed E-state index contributed by atoms with van der Waals surface area (Å²) in [5.74, 6) is -1.24. The molecule has 2 amide bonds. The van der Waals surface area contributed by atoms with Gasteiger partial charge in [-0.3, -0.25) is 14.4 Å². The molecule has 2 aromatic carbocycles. The van der Waals surface area contributed by atoms with Gasteiger partial charge in [-0.25, -0.2) is 4.68 Å². The second kappa shape index (κ2) is 10.7. The Morgan fingerprint density at radius 3 is 2.66 bits per heavy atom. The number of amides is 2. The van der Waals surface area contributed by atoms with E-state index in [9.17, 15) is 19.5 Å². The third kappa shape index (κ3) is 5.67. The van der Waals surface area contributed by atoms with Gasteiger partial charge in [0.25, 0.3) is 5.91 Å². The molecule has 1 saturated heterocycles. The molecule has 2 atom stereocenters. The number of aliphatic hydroxyl groups excluding tert-OH is 1. The van der Waals surface area contributed by atoms with E-state index in [-0.39, 0.29) is 37.4 Å². The lowest BCUT2D eigenvalue weighted by Gasteiger charge is -2.24. The first-order valence-electron chi connectivity index (χ1n) is 10.9. The molecule has 0 saturated carbocycles. The molecule has 3 aromatic rings. The molecule has 1 aromatic heterocycles. The Morgan fingerprint density at radius 2 is 1.91 bits per heavy atom. The van der Waals surface area contributed by atoms with Crippen molar-refractivity contribution in [2.45, 2.75) is 31.5 Å². The number of hydrogen-bond acceptors (Lipinski definition) is 7. The summed E-state index contributed by atoms with van der Waals surface area (Å²) >= 11 is 5.90. The van der Waals surface area contributed by atoms with Crippen LogP contribution in [-0.2, 0) is 27.3 Å². The number of carbonyl (C=O) groups is 3. The number of rotatable bonds is 7. The van der Waals surface area contributed by atoms with Crippen LogP contribution in [0.5, 0.6) is 0 Å². The Bertz CT molecular complexity index is 1230. The number of esters is 1. The van der Waals surface area contributed by atoms with Crippen molar-refractivity contribution in [2.75, 3.05) is 13.7 Å². The van der Waals surface area contributed by atoms with Gasteiger partial charge in [0.2, 0.25) is 5.91 Å². The topological polar surface area (TPSA) is 127 Å². The molecule has 35 heavy (non-hydrogen) atoms. The molecule has 0 spiro atoms. The van der Waals surface area contributed by atoms with Crippen molar-refractivity contribution in [1.29, 1.82) is 0 Å². The molecule has 1 aliphatic rings. The smallest absolute Gasteiger partial charge is 0.311 e. The maximum atomic E-state index is 13.5. The van der Waals surface area contributed by atoms with Crippen molar-refractivity contribution >= 4 is 29.4 Å². The zero-order chi connectivity index (χ0) is 24.9. The van der Waals surface area contributed by atoms with Crippen LogP contribution in [0.25, 0.3) is 5.69 Å². The second-order valence-electron chi connectivity index (χ2n) is 8.13. The molecule has 2 N–H and O–H groups in total. The first kappa shape index (κ1) is 24.4. The molecule has 0 aliphatic carbocycles. The quantitative estimate of drug-likeness (QED) is 0.474. The summed E-state index contributed by atoms with van der Waals surface area (Å²) in [6, 6.07) is 13.0. The zero-order valence-electron chi connectivity index (χ0n) is 18.9. The van der Waals surface area contributed by atoms with E-state index in [1.165, 1.54) is 22.9 Å². The molecular weight excluding hydrogens is 474 g/mol. The van der Waals surface area contributed by atoms with Gasteiger partial charge in [-0.15, -0.1) is 5.10 Å².